The number of rotatable bonds is 6. The standard InChI is InChI=1S/C27H14F5NO8S/c1-9-4-15-10(5-12(9)28)20(11-6-13(29)14(34)7-16(11)40-15)21-22(27(38)39)23(30)25(32)26(24(21)31)42-8-19(37)41-33-17(35)2-3-18(33)36/h4-7,34H,1-3,8H2,(H,38,39). The summed E-state index contributed by atoms with van der Waals surface area (Å²) in [6.07, 6.45) is -0.457. The average Bonchev–Trinajstić information content (AvgIpc) is 3.23. The van der Waals surface area contributed by atoms with Crippen molar-refractivity contribution in [1.82, 2.24) is 5.06 Å². The second-order valence-electron chi connectivity index (χ2n) is 8.88. The zero-order chi connectivity index (χ0) is 30.6. The van der Waals surface area contributed by atoms with E-state index in [1.54, 1.807) is 0 Å². The summed E-state index contributed by atoms with van der Waals surface area (Å²) in [6, 6.07) is 3.12. The number of ether oxygens (including phenoxy) is 1. The van der Waals surface area contributed by atoms with E-state index in [-0.39, 0.29) is 46.4 Å². The molecule has 1 fully saturated rings. The zero-order valence-electron chi connectivity index (χ0n) is 20.7. The number of carboxylic acids is 1. The van der Waals surface area contributed by atoms with E-state index < -0.39 is 96.7 Å². The predicted octanol–water partition coefficient (Wildman–Crippen LogP) is 3.25. The lowest BCUT2D eigenvalue weighted by Gasteiger charge is -2.24. The highest BCUT2D eigenvalue weighted by Crippen LogP contribution is 2.43. The van der Waals surface area contributed by atoms with Gasteiger partial charge in [-0.3, -0.25) is 9.59 Å². The first kappa shape index (κ1) is 28.6. The number of phenols is 1. The molecule has 0 aromatic heterocycles. The smallest absolute Gasteiger partial charge is 0.343 e. The topological polar surface area (TPSA) is 130 Å². The normalized spacial score (nSPS) is 14.0. The van der Waals surface area contributed by atoms with Gasteiger partial charge in [0.25, 0.3) is 11.8 Å². The SMILES string of the molecule is C=c1cc2c(cc1F)=C(c1c(F)c(SCC(=O)ON3C(=O)CCC3=O)c(F)c(F)c1C(=O)O)c1cc(F)c(O)cc1O2. The summed E-state index contributed by atoms with van der Waals surface area (Å²) in [5.41, 5.74) is -3.81. The van der Waals surface area contributed by atoms with Crippen LogP contribution in [0.1, 0.15) is 34.3 Å². The van der Waals surface area contributed by atoms with E-state index in [0.29, 0.717) is 6.07 Å². The van der Waals surface area contributed by atoms with E-state index in [1.165, 1.54) is 0 Å². The van der Waals surface area contributed by atoms with Gasteiger partial charge < -0.3 is 19.8 Å². The second kappa shape index (κ2) is 10.5. The van der Waals surface area contributed by atoms with E-state index in [0.717, 1.165) is 18.2 Å². The van der Waals surface area contributed by atoms with Crippen molar-refractivity contribution in [3.63, 3.8) is 0 Å². The van der Waals surface area contributed by atoms with E-state index in [4.69, 9.17) is 4.74 Å². The number of aromatic carboxylic acids is 1. The first-order valence-corrected chi connectivity index (χ1v) is 12.7. The number of amides is 2. The summed E-state index contributed by atoms with van der Waals surface area (Å²) in [6.45, 7) is 3.46. The van der Waals surface area contributed by atoms with Crippen molar-refractivity contribution in [2.75, 3.05) is 5.75 Å². The maximum absolute atomic E-state index is 16.2. The maximum Gasteiger partial charge on any atom is 0.343 e. The van der Waals surface area contributed by atoms with Crippen LogP contribution in [0.3, 0.4) is 0 Å². The number of nitrogens with zero attached hydrogens (tertiary/aromatic N) is 1. The summed E-state index contributed by atoms with van der Waals surface area (Å²) < 4.78 is 81.2. The van der Waals surface area contributed by atoms with Crippen LogP contribution in [0, 0.1) is 29.1 Å². The molecule has 0 spiro atoms. The van der Waals surface area contributed by atoms with Gasteiger partial charge in [0, 0.05) is 46.0 Å². The number of aromatic hydroxyl groups is 1. The molecule has 15 heteroatoms. The lowest BCUT2D eigenvalue weighted by molar-refractivity contribution is -0.195. The van der Waals surface area contributed by atoms with Crippen molar-refractivity contribution in [3.05, 3.63) is 80.5 Å². The van der Waals surface area contributed by atoms with Crippen LogP contribution >= 0.6 is 11.8 Å². The van der Waals surface area contributed by atoms with Gasteiger partial charge >= 0.3 is 11.9 Å². The second-order valence-corrected chi connectivity index (χ2v) is 9.86. The molecule has 0 radical (unpaired) electrons. The van der Waals surface area contributed by atoms with Gasteiger partial charge in [0.15, 0.2) is 23.2 Å². The molecule has 1 saturated heterocycles. The molecule has 3 aromatic rings. The van der Waals surface area contributed by atoms with Gasteiger partial charge in [0.1, 0.15) is 28.7 Å². The van der Waals surface area contributed by atoms with E-state index in [1.807, 2.05) is 0 Å². The largest absolute Gasteiger partial charge is 0.505 e. The third-order valence-corrected chi connectivity index (χ3v) is 7.26. The number of carbonyl (C=O) groups excluding carboxylic acids is 3. The number of imide groups is 1. The zero-order valence-corrected chi connectivity index (χ0v) is 21.5. The van der Waals surface area contributed by atoms with Crippen LogP contribution in [0.2, 0.25) is 0 Å². The Hall–Kier alpha value is -4.92. The maximum atomic E-state index is 16.2. The summed E-state index contributed by atoms with van der Waals surface area (Å²) in [5, 5.41) is 19.2. The minimum atomic E-state index is -2.15. The van der Waals surface area contributed by atoms with Crippen LogP contribution in [0.25, 0.3) is 12.2 Å². The number of phenolic OH excluding ortho intramolecular Hbond substituents is 1. The number of hydroxylamine groups is 2. The van der Waals surface area contributed by atoms with Gasteiger partial charge in [-0.1, -0.05) is 6.58 Å². The summed E-state index contributed by atoms with van der Waals surface area (Å²) in [4.78, 5) is 51.1. The van der Waals surface area contributed by atoms with Crippen molar-refractivity contribution in [2.24, 2.45) is 0 Å². The van der Waals surface area contributed by atoms with Crippen molar-refractivity contribution < 1.29 is 60.9 Å². The average molecular weight is 607 g/mol. The number of carbonyl (C=O) groups is 4. The summed E-state index contributed by atoms with van der Waals surface area (Å²) in [5.74, 6) is -15.8. The van der Waals surface area contributed by atoms with Crippen LogP contribution in [-0.2, 0) is 19.2 Å². The number of hydrogen-bond donors (Lipinski definition) is 2. The molecule has 216 valence electrons. The van der Waals surface area contributed by atoms with E-state index in [9.17, 15) is 38.2 Å². The van der Waals surface area contributed by atoms with Crippen LogP contribution in [0.15, 0.2) is 29.2 Å². The molecule has 0 unspecified atom stereocenters. The fourth-order valence-electron chi connectivity index (χ4n) is 4.35. The number of hydrogen-bond acceptors (Lipinski definition) is 8. The minimum Gasteiger partial charge on any atom is -0.505 e. The van der Waals surface area contributed by atoms with Gasteiger partial charge in [0.05, 0.1) is 10.6 Å². The van der Waals surface area contributed by atoms with Crippen molar-refractivity contribution in [1.29, 1.82) is 0 Å². The third-order valence-electron chi connectivity index (χ3n) is 6.23. The lowest BCUT2D eigenvalue weighted by Crippen LogP contribution is -2.32. The quantitative estimate of drug-likeness (QED) is 0.147. The molecule has 2 heterocycles. The van der Waals surface area contributed by atoms with Gasteiger partial charge in [-0.05, 0) is 18.2 Å². The number of thioether (sulfide) groups is 1. The number of fused-ring (bicyclic) bond motifs is 2. The molecule has 42 heavy (non-hydrogen) atoms. The van der Waals surface area contributed by atoms with Crippen molar-refractivity contribution in [3.8, 4) is 17.2 Å². The van der Waals surface area contributed by atoms with E-state index >= 15 is 13.2 Å². The predicted molar refractivity (Wildman–Crippen MR) is 132 cm³/mol. The Kier molecular flexibility index (Phi) is 7.14. The molecule has 0 bridgehead atoms. The van der Waals surface area contributed by atoms with Gasteiger partial charge in [-0.25, -0.2) is 31.5 Å². The highest BCUT2D eigenvalue weighted by molar-refractivity contribution is 8.00. The lowest BCUT2D eigenvalue weighted by atomic mass is 9.88. The Labute approximate surface area is 235 Å². The molecule has 5 rings (SSSR count). The molecule has 2 amide bonds. The van der Waals surface area contributed by atoms with Crippen LogP contribution < -0.4 is 15.2 Å². The molecule has 3 aromatic carbocycles. The number of benzene rings is 3. The van der Waals surface area contributed by atoms with Gasteiger partial charge in [-0.2, -0.15) is 0 Å². The Morgan fingerprint density at radius 2 is 1.62 bits per heavy atom. The molecule has 0 atom stereocenters. The molecule has 2 aliphatic heterocycles. The number of carboxylic acid groups (broad SMARTS) is 1. The van der Waals surface area contributed by atoms with E-state index in [2.05, 4.69) is 11.4 Å². The summed E-state index contributed by atoms with van der Waals surface area (Å²) in [7, 11) is 0. The molecule has 2 aliphatic rings. The molecule has 0 saturated carbocycles. The monoisotopic (exact) mass is 607 g/mol. The molecular weight excluding hydrogens is 593 g/mol. The van der Waals surface area contributed by atoms with Crippen LogP contribution in [0.4, 0.5) is 22.0 Å². The Morgan fingerprint density at radius 3 is 2.26 bits per heavy atom. The third kappa shape index (κ3) is 4.70. The van der Waals surface area contributed by atoms with Crippen LogP contribution in [-0.4, -0.2) is 44.8 Å². The van der Waals surface area contributed by atoms with Crippen molar-refractivity contribution in [2.45, 2.75) is 17.7 Å². The van der Waals surface area contributed by atoms with Crippen molar-refractivity contribution >= 4 is 47.7 Å². The Morgan fingerprint density at radius 1 is 0.952 bits per heavy atom. The fourth-order valence-corrected chi connectivity index (χ4v) is 5.11. The first-order chi connectivity index (χ1) is 19.8. The number of halogens is 5. The van der Waals surface area contributed by atoms with Gasteiger partial charge in [0.2, 0.25) is 0 Å². The Balaban J connectivity index is 1.73. The highest BCUT2D eigenvalue weighted by Gasteiger charge is 2.36. The molecule has 0 aliphatic carbocycles. The Bertz CT molecular complexity index is 1860. The first-order valence-electron chi connectivity index (χ1n) is 11.7. The molecular formula is C27H14F5NO8S. The van der Waals surface area contributed by atoms with Gasteiger partial charge in [-0.15, -0.1) is 16.8 Å². The highest BCUT2D eigenvalue weighted by atomic mass is 32.2. The molecule has 9 nitrogen and oxygen atoms in total. The minimum absolute atomic E-state index is 0.00468. The molecule has 2 N–H and O–H groups in total. The van der Waals surface area contributed by atoms with Crippen LogP contribution in [0.5, 0.6) is 17.2 Å². The fraction of sp³-hybridized carbons (Fsp3) is 0.111. The summed E-state index contributed by atoms with van der Waals surface area (Å²) >= 11 is 0.00468.